The first kappa shape index (κ1) is 14.1. The number of rotatable bonds is 5. The zero-order chi connectivity index (χ0) is 14.7. The largest absolute Gasteiger partial charge is 0.480 e. The van der Waals surface area contributed by atoms with Crippen LogP contribution in [0.5, 0.6) is 0 Å². The smallest absolute Gasteiger partial charge is 0.323 e. The molecule has 0 unspecified atom stereocenters. The molecule has 0 radical (unpaired) electrons. The van der Waals surface area contributed by atoms with E-state index in [4.69, 9.17) is 10.8 Å². The molecule has 1 amide bonds. The molecular formula is C14H17N3O3. The number of aromatic amines is 1. The van der Waals surface area contributed by atoms with Crippen molar-refractivity contribution >= 4 is 22.8 Å². The predicted octanol–water partition coefficient (Wildman–Crippen LogP) is 0.581. The molecule has 2 rings (SSSR count). The number of aromatic nitrogens is 1. The Morgan fingerprint density at radius 1 is 1.40 bits per heavy atom. The molecule has 1 aromatic heterocycles. The van der Waals surface area contributed by atoms with Crippen molar-refractivity contribution in [1.82, 2.24) is 9.88 Å². The van der Waals surface area contributed by atoms with Crippen LogP contribution in [0.1, 0.15) is 5.56 Å². The first-order valence-corrected chi connectivity index (χ1v) is 6.26. The number of H-pyrrole nitrogens is 1. The number of benzene rings is 1. The minimum atomic E-state index is -1.06. The number of carbonyl (C=O) groups is 2. The number of hydrogen-bond acceptors (Lipinski definition) is 3. The maximum Gasteiger partial charge on any atom is 0.323 e. The Kier molecular flexibility index (Phi) is 4.05. The summed E-state index contributed by atoms with van der Waals surface area (Å²) >= 11 is 0. The van der Waals surface area contributed by atoms with Crippen molar-refractivity contribution < 1.29 is 14.7 Å². The second kappa shape index (κ2) is 5.75. The predicted molar refractivity (Wildman–Crippen MR) is 75.3 cm³/mol. The molecule has 0 fully saturated rings. The molecule has 106 valence electrons. The number of amides is 1. The number of carboxylic acid groups (broad SMARTS) is 1. The molecule has 0 saturated carbocycles. The Labute approximate surface area is 116 Å². The van der Waals surface area contributed by atoms with Crippen molar-refractivity contribution in [2.75, 3.05) is 13.6 Å². The molecule has 1 heterocycles. The molecule has 0 aliphatic heterocycles. The van der Waals surface area contributed by atoms with E-state index in [0.29, 0.717) is 6.42 Å². The minimum absolute atomic E-state index is 0.347. The number of hydrogen-bond donors (Lipinski definition) is 3. The molecule has 6 nitrogen and oxygen atoms in total. The fourth-order valence-electron chi connectivity index (χ4n) is 2.19. The van der Waals surface area contributed by atoms with Crippen molar-refractivity contribution in [3.8, 4) is 0 Å². The highest BCUT2D eigenvalue weighted by atomic mass is 16.4. The molecule has 2 aromatic rings. The number of nitrogens with two attached hydrogens (primary N) is 1. The van der Waals surface area contributed by atoms with E-state index in [2.05, 4.69) is 4.98 Å². The Bertz CT molecular complexity index is 635. The zero-order valence-electron chi connectivity index (χ0n) is 11.2. The lowest BCUT2D eigenvalue weighted by Crippen LogP contribution is -2.44. The second-order valence-corrected chi connectivity index (χ2v) is 4.76. The molecule has 0 aliphatic rings. The van der Waals surface area contributed by atoms with Crippen molar-refractivity contribution in [3.63, 3.8) is 0 Å². The Morgan fingerprint density at radius 3 is 2.80 bits per heavy atom. The van der Waals surface area contributed by atoms with Crippen LogP contribution in [0.15, 0.2) is 30.5 Å². The average Bonchev–Trinajstić information content (AvgIpc) is 2.80. The van der Waals surface area contributed by atoms with Crippen molar-refractivity contribution in [1.29, 1.82) is 0 Å². The SMILES string of the molecule is CN(CC(=O)O)C(=O)[C@H](N)Cc1c[nH]c2ccccc12. The highest BCUT2D eigenvalue weighted by Crippen LogP contribution is 2.18. The van der Waals surface area contributed by atoms with Gasteiger partial charge in [-0.15, -0.1) is 0 Å². The third-order valence-corrected chi connectivity index (χ3v) is 3.18. The van der Waals surface area contributed by atoms with E-state index in [1.54, 1.807) is 0 Å². The zero-order valence-corrected chi connectivity index (χ0v) is 11.2. The van der Waals surface area contributed by atoms with Crippen molar-refractivity contribution in [3.05, 3.63) is 36.0 Å². The monoisotopic (exact) mass is 275 g/mol. The molecule has 1 aromatic carbocycles. The van der Waals surface area contributed by atoms with E-state index >= 15 is 0 Å². The van der Waals surface area contributed by atoms with E-state index in [1.807, 2.05) is 30.5 Å². The molecule has 4 N–H and O–H groups in total. The summed E-state index contributed by atoms with van der Waals surface area (Å²) in [5.41, 5.74) is 7.81. The van der Waals surface area contributed by atoms with Gasteiger partial charge in [-0.25, -0.2) is 0 Å². The number of aliphatic carboxylic acids is 1. The summed E-state index contributed by atoms with van der Waals surface area (Å²) in [6, 6.07) is 7.00. The Balaban J connectivity index is 2.09. The number of para-hydroxylation sites is 1. The van der Waals surface area contributed by atoms with Crippen LogP contribution in [-0.4, -0.2) is 46.5 Å². The van der Waals surface area contributed by atoms with E-state index in [1.165, 1.54) is 7.05 Å². The average molecular weight is 275 g/mol. The Hall–Kier alpha value is -2.34. The first-order chi connectivity index (χ1) is 9.49. The van der Waals surface area contributed by atoms with Crippen LogP contribution in [0.25, 0.3) is 10.9 Å². The second-order valence-electron chi connectivity index (χ2n) is 4.76. The van der Waals surface area contributed by atoms with Crippen LogP contribution in [-0.2, 0) is 16.0 Å². The summed E-state index contributed by atoms with van der Waals surface area (Å²) in [6.45, 7) is -0.347. The van der Waals surface area contributed by atoms with Gasteiger partial charge in [0.25, 0.3) is 0 Å². The quantitative estimate of drug-likeness (QED) is 0.743. The summed E-state index contributed by atoms with van der Waals surface area (Å²) in [7, 11) is 1.44. The molecule has 0 bridgehead atoms. The lowest BCUT2D eigenvalue weighted by Gasteiger charge is -2.19. The third-order valence-electron chi connectivity index (χ3n) is 3.18. The van der Waals surface area contributed by atoms with Gasteiger partial charge in [-0.2, -0.15) is 0 Å². The number of fused-ring (bicyclic) bond motifs is 1. The van der Waals surface area contributed by atoms with Crippen LogP contribution >= 0.6 is 0 Å². The van der Waals surface area contributed by atoms with Crippen LogP contribution in [0.2, 0.25) is 0 Å². The van der Waals surface area contributed by atoms with Gasteiger partial charge in [0, 0.05) is 24.1 Å². The van der Waals surface area contributed by atoms with Gasteiger partial charge in [0.15, 0.2) is 0 Å². The van der Waals surface area contributed by atoms with Gasteiger partial charge in [0.1, 0.15) is 6.54 Å². The number of nitrogens with zero attached hydrogens (tertiary/aromatic N) is 1. The minimum Gasteiger partial charge on any atom is -0.480 e. The molecule has 20 heavy (non-hydrogen) atoms. The maximum absolute atomic E-state index is 12.0. The summed E-state index contributed by atoms with van der Waals surface area (Å²) in [6.07, 6.45) is 2.20. The Morgan fingerprint density at radius 2 is 2.10 bits per heavy atom. The standard InChI is InChI=1S/C14H17N3O3/c1-17(8-13(18)19)14(20)11(15)6-9-7-16-12-5-3-2-4-10(9)12/h2-5,7,11,16H,6,8,15H2,1H3,(H,18,19)/t11-/m1/s1. The van der Waals surface area contributed by atoms with E-state index in [9.17, 15) is 9.59 Å². The topological polar surface area (TPSA) is 99.4 Å². The maximum atomic E-state index is 12.0. The normalized spacial score (nSPS) is 12.3. The van der Waals surface area contributed by atoms with Gasteiger partial charge in [-0.05, 0) is 18.1 Å². The number of carboxylic acids is 1. The van der Waals surface area contributed by atoms with Crippen LogP contribution in [0.3, 0.4) is 0 Å². The number of carbonyl (C=O) groups excluding carboxylic acids is 1. The first-order valence-electron chi connectivity index (χ1n) is 6.26. The lowest BCUT2D eigenvalue weighted by atomic mass is 10.0. The van der Waals surface area contributed by atoms with E-state index < -0.39 is 12.0 Å². The fraction of sp³-hybridized carbons (Fsp3) is 0.286. The van der Waals surface area contributed by atoms with Gasteiger partial charge in [0.05, 0.1) is 6.04 Å². The number of nitrogens with one attached hydrogen (secondary N) is 1. The highest BCUT2D eigenvalue weighted by Gasteiger charge is 2.21. The molecular weight excluding hydrogens is 258 g/mol. The third kappa shape index (κ3) is 2.97. The van der Waals surface area contributed by atoms with Gasteiger partial charge in [-0.1, -0.05) is 18.2 Å². The van der Waals surface area contributed by atoms with E-state index in [0.717, 1.165) is 21.4 Å². The number of likely N-dealkylation sites (N-methyl/N-ethyl adjacent to an activating group) is 1. The van der Waals surface area contributed by atoms with Gasteiger partial charge in [0.2, 0.25) is 5.91 Å². The lowest BCUT2D eigenvalue weighted by molar-refractivity contribution is -0.143. The fourth-order valence-corrected chi connectivity index (χ4v) is 2.19. The molecule has 6 heteroatoms. The highest BCUT2D eigenvalue weighted by molar-refractivity contribution is 5.87. The van der Waals surface area contributed by atoms with E-state index in [-0.39, 0.29) is 12.5 Å². The summed E-state index contributed by atoms with van der Waals surface area (Å²) < 4.78 is 0. The van der Waals surface area contributed by atoms with Crippen LogP contribution in [0.4, 0.5) is 0 Å². The van der Waals surface area contributed by atoms with Crippen molar-refractivity contribution in [2.24, 2.45) is 5.73 Å². The summed E-state index contributed by atoms with van der Waals surface area (Å²) in [5.74, 6) is -1.43. The molecule has 0 saturated heterocycles. The van der Waals surface area contributed by atoms with Gasteiger partial charge < -0.3 is 20.7 Å². The van der Waals surface area contributed by atoms with Gasteiger partial charge in [-0.3, -0.25) is 9.59 Å². The van der Waals surface area contributed by atoms with Crippen LogP contribution < -0.4 is 5.73 Å². The summed E-state index contributed by atoms with van der Waals surface area (Å²) in [5, 5.41) is 9.70. The molecule has 0 spiro atoms. The van der Waals surface area contributed by atoms with Gasteiger partial charge >= 0.3 is 5.97 Å². The summed E-state index contributed by atoms with van der Waals surface area (Å²) in [4.78, 5) is 26.8. The van der Waals surface area contributed by atoms with Crippen molar-refractivity contribution in [2.45, 2.75) is 12.5 Å². The molecule has 1 atom stereocenters. The van der Waals surface area contributed by atoms with Crippen LogP contribution in [0, 0.1) is 0 Å². The molecule has 0 aliphatic carbocycles.